The van der Waals surface area contributed by atoms with E-state index in [4.69, 9.17) is 9.90 Å². The van der Waals surface area contributed by atoms with Crippen LogP contribution in [0.15, 0.2) is 54.7 Å². The highest BCUT2D eigenvalue weighted by molar-refractivity contribution is 6.06. The summed E-state index contributed by atoms with van der Waals surface area (Å²) in [5, 5.41) is 14.8. The van der Waals surface area contributed by atoms with E-state index < -0.39 is 12.1 Å². The van der Waals surface area contributed by atoms with Crippen molar-refractivity contribution in [3.63, 3.8) is 0 Å². The van der Waals surface area contributed by atoms with Crippen LogP contribution in [0.3, 0.4) is 0 Å². The zero-order valence-electron chi connectivity index (χ0n) is 17.7. The Hall–Kier alpha value is -3.33. The number of nitrogens with one attached hydrogen (secondary N) is 3. The van der Waals surface area contributed by atoms with Gasteiger partial charge in [0.2, 0.25) is 0 Å². The summed E-state index contributed by atoms with van der Waals surface area (Å²) < 4.78 is 31.7. The second-order valence-corrected chi connectivity index (χ2v) is 8.46. The highest BCUT2D eigenvalue weighted by atomic mass is 19.4. The summed E-state index contributed by atoms with van der Waals surface area (Å²) >= 11 is 0. The maximum Gasteiger partial charge on any atom is 0.490 e. The quantitative estimate of drug-likeness (QED) is 0.421. The maximum atomic E-state index is 12.5. The van der Waals surface area contributed by atoms with Crippen molar-refractivity contribution in [3.8, 4) is 0 Å². The Balaban J connectivity index is 0.000000325. The molecule has 0 aliphatic heterocycles. The summed E-state index contributed by atoms with van der Waals surface area (Å²) in [5.41, 5.74) is 3.92. The van der Waals surface area contributed by atoms with Gasteiger partial charge in [-0.25, -0.2) is 4.79 Å². The molecule has 2 aliphatic rings. The third-order valence-electron chi connectivity index (χ3n) is 5.81. The second kappa shape index (κ2) is 9.27. The SMILES string of the molecule is O=C(Nc1ccc(C2CC2NCC2CC2)cc1)c1ccc2[nH]ccc2c1.O=C(O)C(F)(F)F. The summed E-state index contributed by atoms with van der Waals surface area (Å²) in [4.78, 5) is 24.5. The highest BCUT2D eigenvalue weighted by Gasteiger charge is 2.39. The topological polar surface area (TPSA) is 94.2 Å². The Labute approximate surface area is 188 Å². The van der Waals surface area contributed by atoms with E-state index in [0.717, 1.165) is 22.5 Å². The molecule has 174 valence electrons. The van der Waals surface area contributed by atoms with Crippen LogP contribution < -0.4 is 10.6 Å². The van der Waals surface area contributed by atoms with E-state index >= 15 is 0 Å². The van der Waals surface area contributed by atoms with E-state index in [0.29, 0.717) is 17.5 Å². The number of carboxylic acid groups (broad SMARTS) is 1. The fourth-order valence-corrected chi connectivity index (χ4v) is 3.64. The molecule has 2 unspecified atom stereocenters. The Kier molecular flexibility index (Phi) is 6.42. The maximum absolute atomic E-state index is 12.5. The molecule has 1 heterocycles. The van der Waals surface area contributed by atoms with Crippen LogP contribution in [0.2, 0.25) is 0 Å². The summed E-state index contributed by atoms with van der Waals surface area (Å²) in [6.45, 7) is 1.18. The average Bonchev–Trinajstić information content (AvgIpc) is 3.69. The van der Waals surface area contributed by atoms with Gasteiger partial charge in [0, 0.05) is 40.3 Å². The first-order chi connectivity index (χ1) is 15.7. The fraction of sp³-hybridized carbons (Fsp3) is 0.333. The van der Waals surface area contributed by atoms with Crippen molar-refractivity contribution in [1.82, 2.24) is 10.3 Å². The van der Waals surface area contributed by atoms with Gasteiger partial charge in [-0.3, -0.25) is 4.79 Å². The van der Waals surface area contributed by atoms with Gasteiger partial charge in [-0.2, -0.15) is 13.2 Å². The van der Waals surface area contributed by atoms with Crippen molar-refractivity contribution in [3.05, 3.63) is 65.9 Å². The first-order valence-corrected chi connectivity index (χ1v) is 10.7. The van der Waals surface area contributed by atoms with Crippen molar-refractivity contribution in [1.29, 1.82) is 0 Å². The number of hydrogen-bond donors (Lipinski definition) is 4. The van der Waals surface area contributed by atoms with Gasteiger partial charge in [-0.15, -0.1) is 0 Å². The number of fused-ring (bicyclic) bond motifs is 1. The number of aromatic amines is 1. The van der Waals surface area contributed by atoms with Gasteiger partial charge in [-0.1, -0.05) is 12.1 Å². The lowest BCUT2D eigenvalue weighted by atomic mass is 10.1. The average molecular weight is 459 g/mol. The van der Waals surface area contributed by atoms with E-state index in [1.165, 1.54) is 31.4 Å². The lowest BCUT2D eigenvalue weighted by Crippen LogP contribution is -2.21. The molecule has 3 aromatic rings. The van der Waals surface area contributed by atoms with Crippen molar-refractivity contribution in [2.75, 3.05) is 11.9 Å². The normalized spacial score (nSPS) is 19.5. The fourth-order valence-electron chi connectivity index (χ4n) is 3.64. The monoisotopic (exact) mass is 459 g/mol. The number of anilines is 1. The third kappa shape index (κ3) is 6.13. The van der Waals surface area contributed by atoms with E-state index in [9.17, 15) is 18.0 Å². The molecular weight excluding hydrogens is 435 g/mol. The van der Waals surface area contributed by atoms with Crippen LogP contribution in [0.5, 0.6) is 0 Å². The zero-order chi connectivity index (χ0) is 23.6. The van der Waals surface area contributed by atoms with Gasteiger partial charge in [0.05, 0.1) is 0 Å². The van der Waals surface area contributed by atoms with Crippen molar-refractivity contribution in [2.45, 2.75) is 37.4 Å². The van der Waals surface area contributed by atoms with Crippen LogP contribution in [0.25, 0.3) is 10.9 Å². The van der Waals surface area contributed by atoms with Crippen LogP contribution in [0.4, 0.5) is 18.9 Å². The van der Waals surface area contributed by atoms with E-state index in [1.807, 2.05) is 42.6 Å². The zero-order valence-corrected chi connectivity index (χ0v) is 17.7. The summed E-state index contributed by atoms with van der Waals surface area (Å²) in [6, 6.07) is 16.6. The number of carboxylic acids is 1. The number of aliphatic carboxylic acids is 1. The Morgan fingerprint density at radius 1 is 1.06 bits per heavy atom. The molecule has 0 spiro atoms. The minimum absolute atomic E-state index is 0.0729. The molecule has 2 aliphatic carbocycles. The van der Waals surface area contributed by atoms with E-state index in [1.54, 1.807) is 0 Å². The number of benzene rings is 2. The number of aromatic nitrogens is 1. The van der Waals surface area contributed by atoms with Gasteiger partial charge in [-0.05, 0) is 73.7 Å². The predicted molar refractivity (Wildman–Crippen MR) is 118 cm³/mol. The molecule has 1 amide bonds. The van der Waals surface area contributed by atoms with Crippen molar-refractivity contribution in [2.24, 2.45) is 5.92 Å². The summed E-state index contributed by atoms with van der Waals surface area (Å²) in [5.74, 6) is -1.27. The Morgan fingerprint density at radius 2 is 1.76 bits per heavy atom. The molecule has 33 heavy (non-hydrogen) atoms. The Bertz CT molecular complexity index is 1140. The van der Waals surface area contributed by atoms with Crippen LogP contribution in [0, 0.1) is 5.92 Å². The van der Waals surface area contributed by atoms with Gasteiger partial charge < -0.3 is 20.7 Å². The molecule has 0 bridgehead atoms. The molecule has 0 saturated heterocycles. The van der Waals surface area contributed by atoms with Crippen LogP contribution in [0.1, 0.15) is 41.1 Å². The smallest absolute Gasteiger partial charge is 0.475 e. The number of H-pyrrole nitrogens is 1. The molecule has 9 heteroatoms. The second-order valence-electron chi connectivity index (χ2n) is 8.46. The minimum Gasteiger partial charge on any atom is -0.475 e. The number of halogens is 3. The third-order valence-corrected chi connectivity index (χ3v) is 5.81. The molecule has 0 radical (unpaired) electrons. The van der Waals surface area contributed by atoms with Gasteiger partial charge >= 0.3 is 12.1 Å². The number of carbonyl (C=O) groups excluding carboxylic acids is 1. The van der Waals surface area contributed by atoms with Crippen LogP contribution >= 0.6 is 0 Å². The molecular formula is C24H24F3N3O3. The highest BCUT2D eigenvalue weighted by Crippen LogP contribution is 2.42. The minimum atomic E-state index is -5.08. The van der Waals surface area contributed by atoms with E-state index in [2.05, 4.69) is 27.8 Å². The first-order valence-electron chi connectivity index (χ1n) is 10.7. The molecule has 1 aromatic heterocycles. The number of carbonyl (C=O) groups is 2. The van der Waals surface area contributed by atoms with Gasteiger partial charge in [0.1, 0.15) is 0 Å². The number of amides is 1. The molecule has 6 nitrogen and oxygen atoms in total. The predicted octanol–water partition coefficient (Wildman–Crippen LogP) is 4.91. The molecule has 2 aromatic carbocycles. The van der Waals surface area contributed by atoms with Gasteiger partial charge in [0.15, 0.2) is 0 Å². The molecule has 2 atom stereocenters. The lowest BCUT2D eigenvalue weighted by molar-refractivity contribution is -0.192. The molecule has 2 saturated carbocycles. The van der Waals surface area contributed by atoms with E-state index in [-0.39, 0.29) is 5.91 Å². The molecule has 2 fully saturated rings. The molecule has 5 rings (SSSR count). The Morgan fingerprint density at radius 3 is 2.39 bits per heavy atom. The van der Waals surface area contributed by atoms with Crippen molar-refractivity contribution >= 4 is 28.5 Å². The number of hydrogen-bond acceptors (Lipinski definition) is 3. The summed E-state index contributed by atoms with van der Waals surface area (Å²) in [7, 11) is 0. The lowest BCUT2D eigenvalue weighted by Gasteiger charge is -2.07. The largest absolute Gasteiger partial charge is 0.490 e. The van der Waals surface area contributed by atoms with Crippen molar-refractivity contribution < 1.29 is 27.9 Å². The van der Waals surface area contributed by atoms with Crippen LogP contribution in [-0.4, -0.2) is 40.7 Å². The molecule has 4 N–H and O–H groups in total. The standard InChI is InChI=1S/C22H23N3O.C2HF3O2/c26-22(17-5-8-20-16(11-17)9-10-23-20)25-18-6-3-15(4-7-18)19-12-21(19)24-13-14-1-2-14;3-2(4,5)1(6)7/h3-11,14,19,21,23-24H,1-2,12-13H2,(H,25,26);(H,6,7). The number of rotatable bonds is 6. The first kappa shape index (κ1) is 22.8. The van der Waals surface area contributed by atoms with Gasteiger partial charge in [0.25, 0.3) is 5.91 Å². The van der Waals surface area contributed by atoms with Crippen LogP contribution in [-0.2, 0) is 4.79 Å². The summed E-state index contributed by atoms with van der Waals surface area (Å²) in [6.07, 6.45) is 0.830. The number of alkyl halides is 3.